The second kappa shape index (κ2) is 5.84. The van der Waals surface area contributed by atoms with Crippen LogP contribution >= 0.6 is 11.6 Å². The molecule has 0 fully saturated rings. The van der Waals surface area contributed by atoms with E-state index >= 15 is 0 Å². The smallest absolute Gasteiger partial charge is 0.271 e. The molecule has 1 rings (SSSR count). The summed E-state index contributed by atoms with van der Waals surface area (Å²) in [6, 6.07) is 4.30. The van der Waals surface area contributed by atoms with Gasteiger partial charge in [0, 0.05) is 18.2 Å². The summed E-state index contributed by atoms with van der Waals surface area (Å²) in [7, 11) is 0. The van der Waals surface area contributed by atoms with E-state index < -0.39 is 11.0 Å². The van der Waals surface area contributed by atoms with Crippen LogP contribution in [0.5, 0.6) is 0 Å². The molecule has 0 aliphatic heterocycles. The second-order valence-corrected chi connectivity index (χ2v) is 4.46. The van der Waals surface area contributed by atoms with Gasteiger partial charge in [-0.05, 0) is 26.3 Å². The van der Waals surface area contributed by atoms with Crippen LogP contribution in [-0.2, 0) is 0 Å². The van der Waals surface area contributed by atoms with E-state index in [1.165, 1.54) is 12.1 Å². The Labute approximate surface area is 105 Å². The van der Waals surface area contributed by atoms with Gasteiger partial charge in [-0.25, -0.2) is 0 Å². The Morgan fingerprint density at radius 1 is 1.53 bits per heavy atom. The Morgan fingerprint density at radius 3 is 2.65 bits per heavy atom. The van der Waals surface area contributed by atoms with Crippen LogP contribution in [0.25, 0.3) is 0 Å². The van der Waals surface area contributed by atoms with E-state index in [1.807, 2.05) is 6.92 Å². The van der Waals surface area contributed by atoms with Crippen LogP contribution in [0.2, 0.25) is 5.02 Å². The van der Waals surface area contributed by atoms with Gasteiger partial charge >= 0.3 is 0 Å². The topological polar surface area (TPSA) is 75.4 Å². The molecule has 0 saturated carbocycles. The molecule has 0 radical (unpaired) electrons. The van der Waals surface area contributed by atoms with E-state index in [9.17, 15) is 15.2 Å². The number of nitro benzene ring substituents is 1. The van der Waals surface area contributed by atoms with Crippen LogP contribution in [0.15, 0.2) is 18.2 Å². The highest BCUT2D eigenvalue weighted by molar-refractivity contribution is 6.33. The first kappa shape index (κ1) is 13.7. The lowest BCUT2D eigenvalue weighted by molar-refractivity contribution is -0.384. The summed E-state index contributed by atoms with van der Waals surface area (Å²) < 4.78 is 0. The molecule has 6 heteroatoms. The van der Waals surface area contributed by atoms with E-state index in [-0.39, 0.29) is 11.7 Å². The fourth-order valence-corrected chi connectivity index (χ4v) is 1.80. The molecule has 1 aromatic rings. The summed E-state index contributed by atoms with van der Waals surface area (Å²) >= 11 is 5.92. The molecule has 0 bridgehead atoms. The van der Waals surface area contributed by atoms with Crippen molar-refractivity contribution >= 4 is 23.0 Å². The molecule has 1 aromatic carbocycles. The summed E-state index contributed by atoms with van der Waals surface area (Å²) in [5.41, 5.74) is 0.592. The largest absolute Gasteiger partial charge is 0.393 e. The van der Waals surface area contributed by atoms with Crippen LogP contribution in [0.4, 0.5) is 11.4 Å². The number of rotatable bonds is 5. The van der Waals surface area contributed by atoms with Crippen LogP contribution in [0.3, 0.4) is 0 Å². The van der Waals surface area contributed by atoms with Gasteiger partial charge in [0.1, 0.15) is 0 Å². The summed E-state index contributed by atoms with van der Waals surface area (Å²) in [4.78, 5) is 10.0. The number of benzene rings is 1. The second-order valence-electron chi connectivity index (χ2n) is 4.05. The average Bonchev–Trinajstić information content (AvgIpc) is 2.19. The van der Waals surface area contributed by atoms with Crippen molar-refractivity contribution in [3.63, 3.8) is 0 Å². The zero-order chi connectivity index (χ0) is 13.0. The third-order valence-electron chi connectivity index (χ3n) is 2.26. The Hall–Kier alpha value is -1.33. The predicted molar refractivity (Wildman–Crippen MR) is 67.5 cm³/mol. The number of aliphatic hydroxyl groups excluding tert-OH is 1. The molecule has 0 aliphatic carbocycles. The van der Waals surface area contributed by atoms with E-state index in [2.05, 4.69) is 5.32 Å². The van der Waals surface area contributed by atoms with Crippen molar-refractivity contribution in [3.05, 3.63) is 33.3 Å². The van der Waals surface area contributed by atoms with Crippen LogP contribution < -0.4 is 5.32 Å². The maximum Gasteiger partial charge on any atom is 0.271 e. The molecular formula is C11H15ClN2O3. The molecule has 2 N–H and O–H groups in total. The van der Waals surface area contributed by atoms with Gasteiger partial charge in [-0.1, -0.05) is 11.6 Å². The first-order chi connectivity index (χ1) is 7.90. The monoisotopic (exact) mass is 258 g/mol. The Bertz CT molecular complexity index is 410. The van der Waals surface area contributed by atoms with E-state index in [0.717, 1.165) is 0 Å². The standard InChI is InChI=1S/C11H15ClN2O3/c1-7(5-8(2)15)13-11-4-3-9(14(16)17)6-10(11)12/h3-4,6-8,13,15H,5H2,1-2H3. The average molecular weight is 259 g/mol. The third-order valence-corrected chi connectivity index (χ3v) is 2.57. The summed E-state index contributed by atoms with van der Waals surface area (Å²) in [6.45, 7) is 3.61. The lowest BCUT2D eigenvalue weighted by Crippen LogP contribution is -2.20. The Kier molecular flexibility index (Phi) is 4.72. The highest BCUT2D eigenvalue weighted by Crippen LogP contribution is 2.27. The SMILES string of the molecule is CC(O)CC(C)Nc1ccc([N+](=O)[O-])cc1Cl. The zero-order valence-corrected chi connectivity index (χ0v) is 10.4. The molecule has 0 aliphatic rings. The summed E-state index contributed by atoms with van der Waals surface area (Å²) in [5.74, 6) is 0. The number of aliphatic hydroxyl groups is 1. The van der Waals surface area contributed by atoms with Gasteiger partial charge in [0.2, 0.25) is 0 Å². The minimum atomic E-state index is -0.491. The van der Waals surface area contributed by atoms with Crippen molar-refractivity contribution in [2.45, 2.75) is 32.4 Å². The number of nitrogens with one attached hydrogen (secondary N) is 1. The molecule has 5 nitrogen and oxygen atoms in total. The van der Waals surface area contributed by atoms with Crippen molar-refractivity contribution in [2.75, 3.05) is 5.32 Å². The Morgan fingerprint density at radius 2 is 2.18 bits per heavy atom. The fraction of sp³-hybridized carbons (Fsp3) is 0.455. The van der Waals surface area contributed by atoms with Crippen LogP contribution in [0, 0.1) is 10.1 Å². The molecule has 0 aromatic heterocycles. The molecular weight excluding hydrogens is 244 g/mol. The third kappa shape index (κ3) is 4.20. The van der Waals surface area contributed by atoms with Gasteiger partial charge < -0.3 is 10.4 Å². The highest BCUT2D eigenvalue weighted by Gasteiger charge is 2.12. The first-order valence-electron chi connectivity index (χ1n) is 5.28. The van der Waals surface area contributed by atoms with Crippen LogP contribution in [0.1, 0.15) is 20.3 Å². The number of nitro groups is 1. The number of halogens is 1. The normalized spacial score (nSPS) is 14.1. The van der Waals surface area contributed by atoms with E-state index in [4.69, 9.17) is 11.6 Å². The van der Waals surface area contributed by atoms with E-state index in [0.29, 0.717) is 17.1 Å². The van der Waals surface area contributed by atoms with Gasteiger partial charge in [0.05, 0.1) is 21.7 Å². The predicted octanol–water partition coefficient (Wildman–Crippen LogP) is 2.82. The zero-order valence-electron chi connectivity index (χ0n) is 9.68. The fourth-order valence-electron chi connectivity index (χ4n) is 1.57. The van der Waals surface area contributed by atoms with Gasteiger partial charge in [0.25, 0.3) is 5.69 Å². The summed E-state index contributed by atoms with van der Waals surface area (Å²) in [6.07, 6.45) is 0.169. The minimum absolute atomic E-state index is 0.0361. The van der Waals surface area contributed by atoms with Gasteiger partial charge in [-0.15, -0.1) is 0 Å². The van der Waals surface area contributed by atoms with Crippen molar-refractivity contribution in [3.8, 4) is 0 Å². The molecule has 0 amide bonds. The van der Waals surface area contributed by atoms with Crippen LogP contribution in [-0.4, -0.2) is 22.2 Å². The number of hydrogen-bond donors (Lipinski definition) is 2. The minimum Gasteiger partial charge on any atom is -0.393 e. The van der Waals surface area contributed by atoms with E-state index in [1.54, 1.807) is 13.0 Å². The highest BCUT2D eigenvalue weighted by atomic mass is 35.5. The van der Waals surface area contributed by atoms with Crippen molar-refractivity contribution in [1.82, 2.24) is 0 Å². The Balaban J connectivity index is 2.75. The molecule has 0 saturated heterocycles. The lowest BCUT2D eigenvalue weighted by Gasteiger charge is -2.17. The molecule has 0 heterocycles. The number of hydrogen-bond acceptors (Lipinski definition) is 4. The molecule has 2 unspecified atom stereocenters. The first-order valence-corrected chi connectivity index (χ1v) is 5.66. The number of anilines is 1. The molecule has 17 heavy (non-hydrogen) atoms. The maximum absolute atomic E-state index is 10.5. The van der Waals surface area contributed by atoms with Gasteiger partial charge in [-0.3, -0.25) is 10.1 Å². The molecule has 0 spiro atoms. The van der Waals surface area contributed by atoms with Crippen molar-refractivity contribution in [1.29, 1.82) is 0 Å². The maximum atomic E-state index is 10.5. The summed E-state index contributed by atoms with van der Waals surface area (Å²) in [5, 5.41) is 23.1. The number of non-ortho nitro benzene ring substituents is 1. The molecule has 94 valence electrons. The lowest BCUT2D eigenvalue weighted by atomic mass is 10.1. The van der Waals surface area contributed by atoms with Gasteiger partial charge in [0.15, 0.2) is 0 Å². The van der Waals surface area contributed by atoms with Gasteiger partial charge in [-0.2, -0.15) is 0 Å². The number of nitrogens with zero attached hydrogens (tertiary/aromatic N) is 1. The van der Waals surface area contributed by atoms with Crippen molar-refractivity contribution in [2.24, 2.45) is 0 Å². The molecule has 2 atom stereocenters. The van der Waals surface area contributed by atoms with Crippen molar-refractivity contribution < 1.29 is 10.0 Å². The quantitative estimate of drug-likeness (QED) is 0.629.